The van der Waals surface area contributed by atoms with Crippen molar-refractivity contribution in [1.29, 1.82) is 0 Å². The number of methoxy groups -OCH3 is 1. The monoisotopic (exact) mass is 911 g/mol. The summed E-state index contributed by atoms with van der Waals surface area (Å²) in [5.74, 6) is -3.73. The summed E-state index contributed by atoms with van der Waals surface area (Å²) in [6.07, 6.45) is 0.379. The van der Waals surface area contributed by atoms with Crippen LogP contribution in [0.4, 0.5) is 26.6 Å². The number of tetrazole rings is 1. The second kappa shape index (κ2) is 21.7. The number of nitrogens with zero attached hydrogens (tertiary/aromatic N) is 5. The van der Waals surface area contributed by atoms with Crippen LogP contribution in [0.15, 0.2) is 54.6 Å². The molecule has 0 aliphatic heterocycles. The van der Waals surface area contributed by atoms with Crippen molar-refractivity contribution in [3.63, 3.8) is 0 Å². The highest BCUT2D eigenvalue weighted by Crippen LogP contribution is 2.27. The third-order valence-electron chi connectivity index (χ3n) is 10.1. The molecular weight excluding hydrogens is 858 g/mol. The lowest BCUT2D eigenvalue weighted by Gasteiger charge is -2.26. The number of esters is 1. The van der Waals surface area contributed by atoms with E-state index >= 15 is 4.39 Å². The zero-order valence-electron chi connectivity index (χ0n) is 37.6. The molecule has 0 fully saturated rings. The van der Waals surface area contributed by atoms with Gasteiger partial charge in [-0.2, -0.15) is 4.98 Å². The van der Waals surface area contributed by atoms with Gasteiger partial charge >= 0.3 is 12.1 Å². The molecule has 3 atom stereocenters. The predicted molar refractivity (Wildman–Crippen MR) is 241 cm³/mol. The van der Waals surface area contributed by atoms with E-state index in [1.807, 2.05) is 0 Å². The minimum Gasteiger partial charge on any atom is -0.467 e. The molecule has 66 heavy (non-hydrogen) atoms. The molecule has 350 valence electrons. The molecule has 0 aliphatic carbocycles. The smallest absolute Gasteiger partial charge is 0.408 e. The average Bonchev–Trinajstić information content (AvgIpc) is 3.80. The zero-order valence-corrected chi connectivity index (χ0v) is 37.6. The van der Waals surface area contributed by atoms with Crippen LogP contribution in [0.5, 0.6) is 0 Å². The Bertz CT molecular complexity index is 2570. The van der Waals surface area contributed by atoms with Gasteiger partial charge in [-0.1, -0.05) is 32.0 Å². The van der Waals surface area contributed by atoms with Gasteiger partial charge in [0.15, 0.2) is 5.82 Å². The standard InChI is InChI=1S/C44H54FN13O8/c1-22(2)34(53-43(64)66-44(4,5)6)40(62)49-23(3)37(59)50-27-17-18-28(29(21-27)36-55-57-58-56-36)39(61)48-20-8-9-31(41(63)65-7)51-38(60)26-14-11-24(12-15-26)10-13-25-16-19-30-32(33(25)45)35(46)54-42(47)52-30/h11-12,14-19,21-23,31,34H,8-10,13,20H2,1-7H3,(H,48,61)(H,49,62)(H,50,59)(H,51,60)(H,53,64)(H4,46,47,52,54)(H,55,56,57,58)/t23-,31-,34-/m0/s1. The molecule has 5 aromatic rings. The van der Waals surface area contributed by atoms with E-state index in [-0.39, 0.29) is 70.7 Å². The van der Waals surface area contributed by atoms with Crippen LogP contribution < -0.4 is 38.1 Å². The van der Waals surface area contributed by atoms with E-state index in [0.717, 1.165) is 5.56 Å². The molecule has 0 saturated heterocycles. The van der Waals surface area contributed by atoms with E-state index < -0.39 is 65.2 Å². The van der Waals surface area contributed by atoms with Crippen LogP contribution in [-0.4, -0.2) is 104 Å². The van der Waals surface area contributed by atoms with Gasteiger partial charge in [-0.3, -0.25) is 19.2 Å². The van der Waals surface area contributed by atoms with Crippen molar-refractivity contribution in [2.75, 3.05) is 30.4 Å². The molecule has 0 spiro atoms. The Labute approximate surface area is 379 Å². The largest absolute Gasteiger partial charge is 0.467 e. The fourth-order valence-electron chi connectivity index (χ4n) is 6.68. The molecule has 0 bridgehead atoms. The van der Waals surface area contributed by atoms with Crippen molar-refractivity contribution >= 4 is 64.0 Å². The van der Waals surface area contributed by atoms with Crippen LogP contribution in [0, 0.1) is 11.7 Å². The summed E-state index contributed by atoms with van der Waals surface area (Å²) >= 11 is 0. The van der Waals surface area contributed by atoms with E-state index in [2.05, 4.69) is 57.2 Å². The quantitative estimate of drug-likeness (QED) is 0.0462. The van der Waals surface area contributed by atoms with Gasteiger partial charge in [-0.05, 0) is 117 Å². The lowest BCUT2D eigenvalue weighted by molar-refractivity contribution is -0.143. The molecule has 0 saturated carbocycles. The first kappa shape index (κ1) is 49.2. The minimum absolute atomic E-state index is 0.0448. The molecule has 0 unspecified atom stereocenters. The first-order valence-corrected chi connectivity index (χ1v) is 21.0. The minimum atomic E-state index is -1.04. The summed E-state index contributed by atoms with van der Waals surface area (Å²) in [4.78, 5) is 86.0. The van der Waals surface area contributed by atoms with Gasteiger partial charge in [-0.25, -0.2) is 24.1 Å². The third kappa shape index (κ3) is 13.1. The van der Waals surface area contributed by atoms with Crippen molar-refractivity contribution in [2.45, 2.75) is 91.0 Å². The van der Waals surface area contributed by atoms with Crippen molar-refractivity contribution in [3.8, 4) is 11.4 Å². The summed E-state index contributed by atoms with van der Waals surface area (Å²) in [6.45, 7) is 10.1. The Hall–Kier alpha value is -7.78. The summed E-state index contributed by atoms with van der Waals surface area (Å²) in [7, 11) is 1.20. The molecule has 5 rings (SSSR count). The number of fused-ring (bicyclic) bond motifs is 1. The summed E-state index contributed by atoms with van der Waals surface area (Å²) < 4.78 is 25.5. The van der Waals surface area contributed by atoms with Crippen molar-refractivity contribution < 1.29 is 42.6 Å². The topological polar surface area (TPSA) is 313 Å². The molecule has 2 heterocycles. The molecule has 22 heteroatoms. The number of aromatic nitrogens is 6. The number of nitrogen functional groups attached to an aromatic ring is 2. The van der Waals surface area contributed by atoms with Gasteiger partial charge in [-0.15, -0.1) is 5.10 Å². The number of carbonyl (C=O) groups is 6. The maximum Gasteiger partial charge on any atom is 0.408 e. The molecular formula is C44H54FN13O8. The van der Waals surface area contributed by atoms with Gasteiger partial charge in [0, 0.05) is 23.4 Å². The lowest BCUT2D eigenvalue weighted by Crippen LogP contribution is -2.54. The highest BCUT2D eigenvalue weighted by atomic mass is 19.1. The highest BCUT2D eigenvalue weighted by molar-refractivity contribution is 6.03. The zero-order chi connectivity index (χ0) is 48.3. The summed E-state index contributed by atoms with van der Waals surface area (Å²) in [6, 6.07) is 11.3. The first-order chi connectivity index (χ1) is 31.2. The Kier molecular flexibility index (Phi) is 16.2. The maximum absolute atomic E-state index is 15.3. The fourth-order valence-corrected chi connectivity index (χ4v) is 6.68. The number of amides is 5. The van der Waals surface area contributed by atoms with E-state index in [1.165, 1.54) is 32.2 Å². The number of rotatable bonds is 18. The number of aryl methyl sites for hydroxylation is 2. The van der Waals surface area contributed by atoms with Gasteiger partial charge in [0.25, 0.3) is 11.8 Å². The Morgan fingerprint density at radius 3 is 2.24 bits per heavy atom. The van der Waals surface area contributed by atoms with E-state index in [1.54, 1.807) is 71.0 Å². The van der Waals surface area contributed by atoms with Crippen molar-refractivity contribution in [2.24, 2.45) is 5.92 Å². The Balaban J connectivity index is 1.14. The molecule has 0 aliphatic rings. The molecule has 10 N–H and O–H groups in total. The number of halogens is 1. The van der Waals surface area contributed by atoms with Crippen LogP contribution in [0.1, 0.15) is 86.2 Å². The number of benzene rings is 3. The van der Waals surface area contributed by atoms with Crippen molar-refractivity contribution in [1.82, 2.24) is 51.9 Å². The molecule has 2 aromatic heterocycles. The molecule has 21 nitrogen and oxygen atoms in total. The van der Waals surface area contributed by atoms with Gasteiger partial charge in [0.1, 0.15) is 35.4 Å². The number of hydrogen-bond donors (Lipinski definition) is 8. The van der Waals surface area contributed by atoms with Crippen LogP contribution in [0.2, 0.25) is 0 Å². The number of carbonyl (C=O) groups excluding carboxylic acids is 6. The van der Waals surface area contributed by atoms with E-state index in [0.29, 0.717) is 23.9 Å². The number of hydrogen-bond acceptors (Lipinski definition) is 15. The predicted octanol–water partition coefficient (Wildman–Crippen LogP) is 3.37. The fraction of sp³-hybridized carbons (Fsp3) is 0.386. The third-order valence-corrected chi connectivity index (χ3v) is 10.1. The van der Waals surface area contributed by atoms with Gasteiger partial charge < -0.3 is 47.5 Å². The second-order valence-corrected chi connectivity index (χ2v) is 16.6. The van der Waals surface area contributed by atoms with Crippen LogP contribution in [0.25, 0.3) is 22.3 Å². The Morgan fingerprint density at radius 1 is 0.864 bits per heavy atom. The molecule has 5 amide bonds. The van der Waals surface area contributed by atoms with Gasteiger partial charge in [0.05, 0.1) is 23.6 Å². The van der Waals surface area contributed by atoms with E-state index in [9.17, 15) is 28.8 Å². The lowest BCUT2D eigenvalue weighted by atomic mass is 10.0. The number of aromatic amines is 1. The van der Waals surface area contributed by atoms with Crippen LogP contribution in [0.3, 0.4) is 0 Å². The molecule has 0 radical (unpaired) electrons. The highest BCUT2D eigenvalue weighted by Gasteiger charge is 2.29. The number of alkyl carbamates (subject to hydrolysis) is 1. The first-order valence-electron chi connectivity index (χ1n) is 21.0. The second-order valence-electron chi connectivity index (χ2n) is 16.6. The normalized spacial score (nSPS) is 12.7. The number of ether oxygens (including phenoxy) is 2. The number of H-pyrrole nitrogens is 1. The van der Waals surface area contributed by atoms with Crippen LogP contribution >= 0.6 is 0 Å². The summed E-state index contributed by atoms with van der Waals surface area (Å²) in [5, 5.41) is 27.2. The van der Waals surface area contributed by atoms with E-state index in [4.69, 9.17) is 20.9 Å². The van der Waals surface area contributed by atoms with Crippen molar-refractivity contribution in [3.05, 3.63) is 82.7 Å². The maximum atomic E-state index is 15.3. The number of anilines is 3. The SMILES string of the molecule is COC(=O)[C@H](CCCNC(=O)c1ccc(NC(=O)[C@H](C)NC(=O)[C@@H](NC(=O)OC(C)(C)C)C(C)C)cc1-c1nnn[nH]1)NC(=O)c1ccc(CCc2ccc3nc(N)nc(N)c3c2F)cc1. The number of nitrogens with one attached hydrogen (secondary N) is 6. The number of nitrogens with two attached hydrogens (primary N) is 2. The van der Waals surface area contributed by atoms with Gasteiger partial charge in [0.2, 0.25) is 17.8 Å². The average molecular weight is 912 g/mol. The Morgan fingerprint density at radius 2 is 1.59 bits per heavy atom. The summed E-state index contributed by atoms with van der Waals surface area (Å²) in [5.41, 5.74) is 13.2. The molecule has 3 aromatic carbocycles. The van der Waals surface area contributed by atoms with Crippen LogP contribution in [-0.2, 0) is 36.7 Å².